The lowest BCUT2D eigenvalue weighted by atomic mass is 10.0. The molecule has 0 aliphatic heterocycles. The molecule has 1 fully saturated rings. The molecule has 2 aromatic rings. The van der Waals surface area contributed by atoms with Crippen molar-refractivity contribution in [2.24, 2.45) is 0 Å². The minimum Gasteiger partial charge on any atom is -0.350 e. The Bertz CT molecular complexity index is 923. The summed E-state index contributed by atoms with van der Waals surface area (Å²) in [7, 11) is -3.59. The largest absolute Gasteiger partial charge is 0.350 e. The second-order valence-corrected chi connectivity index (χ2v) is 9.00. The number of amides is 1. The maximum atomic E-state index is 12.7. The molecule has 1 aliphatic rings. The third-order valence-corrected chi connectivity index (χ3v) is 6.72. The van der Waals surface area contributed by atoms with Crippen LogP contribution in [0.3, 0.4) is 0 Å². The van der Waals surface area contributed by atoms with Crippen LogP contribution in [-0.4, -0.2) is 44.9 Å². The van der Waals surface area contributed by atoms with Crippen molar-refractivity contribution in [1.82, 2.24) is 14.9 Å². The smallest absolute Gasteiger partial charge is 0.251 e. The number of likely N-dealkylation sites (N-methyl/N-ethyl adjacent to an activating group) is 1. The van der Waals surface area contributed by atoms with E-state index in [9.17, 15) is 13.2 Å². The summed E-state index contributed by atoms with van der Waals surface area (Å²) in [6.07, 6.45) is 1.73. The van der Waals surface area contributed by atoms with Crippen molar-refractivity contribution in [3.8, 4) is 0 Å². The SMILES string of the molecule is CCN(CC)C(CNC(=O)c1cccc(S(=O)(=O)NC2CC2)c1)c1ccccc1. The van der Waals surface area contributed by atoms with Gasteiger partial charge in [-0.05, 0) is 49.7 Å². The number of carbonyl (C=O) groups is 1. The fraction of sp³-hybridized carbons (Fsp3) is 0.409. The molecule has 0 saturated heterocycles. The molecule has 0 bridgehead atoms. The molecule has 2 aromatic carbocycles. The summed E-state index contributed by atoms with van der Waals surface area (Å²) in [6, 6.07) is 16.4. The number of sulfonamides is 1. The summed E-state index contributed by atoms with van der Waals surface area (Å²) < 4.78 is 27.5. The molecule has 3 rings (SSSR count). The molecule has 0 spiro atoms. The normalized spacial score (nSPS) is 15.3. The number of carbonyl (C=O) groups excluding carboxylic acids is 1. The number of benzene rings is 2. The third-order valence-electron chi connectivity index (χ3n) is 5.20. The van der Waals surface area contributed by atoms with Crippen LogP contribution in [0, 0.1) is 0 Å². The number of nitrogens with zero attached hydrogens (tertiary/aromatic N) is 1. The van der Waals surface area contributed by atoms with Gasteiger partial charge in [0, 0.05) is 18.2 Å². The lowest BCUT2D eigenvalue weighted by Crippen LogP contribution is -2.38. The van der Waals surface area contributed by atoms with E-state index in [1.54, 1.807) is 12.1 Å². The van der Waals surface area contributed by atoms with Crippen LogP contribution in [-0.2, 0) is 10.0 Å². The van der Waals surface area contributed by atoms with Crippen molar-refractivity contribution in [3.05, 3.63) is 65.7 Å². The summed E-state index contributed by atoms with van der Waals surface area (Å²) in [5.74, 6) is -0.276. The van der Waals surface area contributed by atoms with Crippen molar-refractivity contribution < 1.29 is 13.2 Å². The van der Waals surface area contributed by atoms with Gasteiger partial charge in [-0.1, -0.05) is 50.2 Å². The molecule has 7 heteroatoms. The molecule has 1 atom stereocenters. The summed E-state index contributed by atoms with van der Waals surface area (Å²) >= 11 is 0. The molecule has 29 heavy (non-hydrogen) atoms. The molecular weight excluding hydrogens is 386 g/mol. The van der Waals surface area contributed by atoms with Gasteiger partial charge in [-0.25, -0.2) is 13.1 Å². The summed E-state index contributed by atoms with van der Waals surface area (Å²) in [6.45, 7) is 6.38. The average Bonchev–Trinajstić information content (AvgIpc) is 3.55. The molecule has 1 amide bonds. The van der Waals surface area contributed by atoms with Gasteiger partial charge in [0.15, 0.2) is 0 Å². The zero-order valence-electron chi connectivity index (χ0n) is 17.0. The van der Waals surface area contributed by atoms with E-state index in [1.807, 2.05) is 18.2 Å². The van der Waals surface area contributed by atoms with Gasteiger partial charge in [-0.2, -0.15) is 0 Å². The minimum absolute atomic E-state index is 0.0261. The lowest BCUT2D eigenvalue weighted by Gasteiger charge is -2.30. The first-order chi connectivity index (χ1) is 13.9. The summed E-state index contributed by atoms with van der Waals surface area (Å²) in [5, 5.41) is 2.98. The molecule has 0 aromatic heterocycles. The van der Waals surface area contributed by atoms with Crippen LogP contribution in [0.15, 0.2) is 59.5 Å². The number of nitrogens with one attached hydrogen (secondary N) is 2. The van der Waals surface area contributed by atoms with Crippen LogP contribution < -0.4 is 10.0 Å². The molecule has 0 heterocycles. The molecule has 1 aliphatic carbocycles. The van der Waals surface area contributed by atoms with Crippen molar-refractivity contribution >= 4 is 15.9 Å². The first-order valence-electron chi connectivity index (χ1n) is 10.1. The van der Waals surface area contributed by atoms with Gasteiger partial charge in [0.05, 0.1) is 10.9 Å². The van der Waals surface area contributed by atoms with Crippen LogP contribution in [0.4, 0.5) is 0 Å². The fourth-order valence-corrected chi connectivity index (χ4v) is 4.73. The topological polar surface area (TPSA) is 78.5 Å². The standard InChI is InChI=1S/C22H29N3O3S/c1-3-25(4-2)21(17-9-6-5-7-10-17)16-23-22(26)18-11-8-12-20(15-18)29(27,28)24-19-13-14-19/h5-12,15,19,21,24H,3-4,13-14,16H2,1-2H3,(H,23,26). The second-order valence-electron chi connectivity index (χ2n) is 7.28. The van der Waals surface area contributed by atoms with Crippen LogP contribution >= 0.6 is 0 Å². The van der Waals surface area contributed by atoms with Gasteiger partial charge < -0.3 is 5.32 Å². The molecular formula is C22H29N3O3S. The second kappa shape index (κ2) is 9.52. The van der Waals surface area contributed by atoms with Gasteiger partial charge in [0.2, 0.25) is 10.0 Å². The Kier molecular flexibility index (Phi) is 7.05. The highest BCUT2D eigenvalue weighted by Gasteiger charge is 2.28. The highest BCUT2D eigenvalue weighted by Crippen LogP contribution is 2.23. The van der Waals surface area contributed by atoms with Crippen molar-refractivity contribution in [3.63, 3.8) is 0 Å². The molecule has 2 N–H and O–H groups in total. The van der Waals surface area contributed by atoms with E-state index in [-0.39, 0.29) is 22.9 Å². The Balaban J connectivity index is 1.72. The molecule has 0 radical (unpaired) electrons. The lowest BCUT2D eigenvalue weighted by molar-refractivity contribution is 0.0934. The van der Waals surface area contributed by atoms with E-state index in [0.717, 1.165) is 31.5 Å². The van der Waals surface area contributed by atoms with Gasteiger partial charge >= 0.3 is 0 Å². The Labute approximate surface area is 173 Å². The first kappa shape index (κ1) is 21.5. The van der Waals surface area contributed by atoms with Gasteiger partial charge in [0.1, 0.15) is 0 Å². The zero-order chi connectivity index (χ0) is 20.9. The van der Waals surface area contributed by atoms with E-state index >= 15 is 0 Å². The average molecular weight is 416 g/mol. The maximum Gasteiger partial charge on any atom is 0.251 e. The number of hydrogen-bond acceptors (Lipinski definition) is 4. The van der Waals surface area contributed by atoms with Crippen molar-refractivity contribution in [2.75, 3.05) is 19.6 Å². The Hall–Kier alpha value is -2.22. The van der Waals surface area contributed by atoms with Crippen molar-refractivity contribution in [1.29, 1.82) is 0 Å². The van der Waals surface area contributed by atoms with E-state index in [4.69, 9.17) is 0 Å². The molecule has 1 unspecified atom stereocenters. The van der Waals surface area contributed by atoms with Gasteiger partial charge in [-0.15, -0.1) is 0 Å². The van der Waals surface area contributed by atoms with E-state index in [1.165, 1.54) is 12.1 Å². The van der Waals surface area contributed by atoms with Gasteiger partial charge in [0.25, 0.3) is 5.91 Å². The highest BCUT2D eigenvalue weighted by molar-refractivity contribution is 7.89. The third kappa shape index (κ3) is 5.65. The highest BCUT2D eigenvalue weighted by atomic mass is 32.2. The summed E-state index contributed by atoms with van der Waals surface area (Å²) in [5.41, 5.74) is 1.48. The predicted octanol–water partition coefficient (Wildman–Crippen LogP) is 2.94. The number of hydrogen-bond donors (Lipinski definition) is 2. The van der Waals surface area contributed by atoms with Crippen molar-refractivity contribution in [2.45, 2.75) is 43.7 Å². The van der Waals surface area contributed by atoms with Gasteiger partial charge in [-0.3, -0.25) is 9.69 Å². The monoisotopic (exact) mass is 415 g/mol. The summed E-state index contributed by atoms with van der Waals surface area (Å²) in [4.78, 5) is 15.2. The Morgan fingerprint density at radius 3 is 2.38 bits per heavy atom. The number of rotatable bonds is 10. The molecule has 6 nitrogen and oxygen atoms in total. The predicted molar refractivity (Wildman–Crippen MR) is 114 cm³/mol. The minimum atomic E-state index is -3.59. The Morgan fingerprint density at radius 1 is 1.07 bits per heavy atom. The molecule has 156 valence electrons. The first-order valence-corrected chi connectivity index (χ1v) is 11.6. The molecule has 1 saturated carbocycles. The zero-order valence-corrected chi connectivity index (χ0v) is 17.8. The maximum absolute atomic E-state index is 12.7. The van der Waals surface area contributed by atoms with Crippen LogP contribution in [0.25, 0.3) is 0 Å². The fourth-order valence-electron chi connectivity index (χ4n) is 3.38. The van der Waals surface area contributed by atoms with E-state index in [0.29, 0.717) is 12.1 Å². The van der Waals surface area contributed by atoms with E-state index < -0.39 is 10.0 Å². The van der Waals surface area contributed by atoms with Crippen LogP contribution in [0.2, 0.25) is 0 Å². The van der Waals surface area contributed by atoms with E-state index in [2.05, 4.69) is 40.9 Å². The van der Waals surface area contributed by atoms with Crippen LogP contribution in [0.5, 0.6) is 0 Å². The quantitative estimate of drug-likeness (QED) is 0.625. The Morgan fingerprint density at radius 2 is 1.76 bits per heavy atom. The van der Waals surface area contributed by atoms with Crippen LogP contribution in [0.1, 0.15) is 48.7 Å².